The van der Waals surface area contributed by atoms with Crippen LogP contribution in [0.3, 0.4) is 0 Å². The Labute approximate surface area is 150 Å². The maximum absolute atomic E-state index is 13.2. The second-order valence-corrected chi connectivity index (χ2v) is 6.96. The van der Waals surface area contributed by atoms with Gasteiger partial charge in [0.15, 0.2) is 0 Å². The molecule has 0 saturated carbocycles. The van der Waals surface area contributed by atoms with Crippen molar-refractivity contribution in [3.05, 3.63) is 82.2 Å². The first-order valence-electron chi connectivity index (χ1n) is 8.20. The van der Waals surface area contributed by atoms with Crippen LogP contribution >= 0.6 is 11.3 Å². The summed E-state index contributed by atoms with van der Waals surface area (Å²) < 4.78 is 18.8. The summed E-state index contributed by atoms with van der Waals surface area (Å²) in [6.45, 7) is 2.81. The summed E-state index contributed by atoms with van der Waals surface area (Å²) in [4.78, 5) is 15.0. The molecule has 5 heteroatoms. The number of furan rings is 1. The van der Waals surface area contributed by atoms with Gasteiger partial charge in [0.25, 0.3) is 0 Å². The van der Waals surface area contributed by atoms with Crippen LogP contribution in [0.5, 0.6) is 0 Å². The number of hydrogen-bond donors (Lipinski definition) is 0. The third-order valence-electron chi connectivity index (χ3n) is 4.22. The van der Waals surface area contributed by atoms with Gasteiger partial charge in [-0.1, -0.05) is 18.2 Å². The molecule has 2 heterocycles. The second-order valence-electron chi connectivity index (χ2n) is 5.93. The highest BCUT2D eigenvalue weighted by Gasteiger charge is 2.20. The number of amides is 1. The lowest BCUT2D eigenvalue weighted by atomic mass is 9.93. The minimum absolute atomic E-state index is 0.0132. The predicted octanol–water partition coefficient (Wildman–Crippen LogP) is 5.05. The first kappa shape index (κ1) is 17.4. The van der Waals surface area contributed by atoms with Crippen molar-refractivity contribution < 1.29 is 13.6 Å². The number of hydrogen-bond acceptors (Lipinski definition) is 3. The quantitative estimate of drug-likeness (QED) is 0.593. The predicted molar refractivity (Wildman–Crippen MR) is 97.0 cm³/mol. The van der Waals surface area contributed by atoms with Gasteiger partial charge < -0.3 is 9.32 Å². The molecule has 3 nitrogen and oxygen atoms in total. The topological polar surface area (TPSA) is 33.5 Å². The Morgan fingerprint density at radius 2 is 2.00 bits per heavy atom. The van der Waals surface area contributed by atoms with E-state index in [9.17, 15) is 9.18 Å². The molecule has 0 bridgehead atoms. The van der Waals surface area contributed by atoms with Crippen LogP contribution in [0.15, 0.2) is 64.6 Å². The number of thiophene rings is 1. The molecule has 1 unspecified atom stereocenters. The number of nitrogens with zero attached hydrogens (tertiary/aromatic N) is 1. The lowest BCUT2D eigenvalue weighted by Crippen LogP contribution is -2.30. The summed E-state index contributed by atoms with van der Waals surface area (Å²) in [5.74, 6) is 0.600. The third kappa shape index (κ3) is 4.57. The van der Waals surface area contributed by atoms with Crippen LogP contribution < -0.4 is 0 Å². The fraction of sp³-hybridized carbons (Fsp3) is 0.250. The second kappa shape index (κ2) is 8.12. The molecular weight excluding hydrogens is 337 g/mol. The molecule has 0 aliphatic carbocycles. The smallest absolute Gasteiger partial charge is 0.219 e. The summed E-state index contributed by atoms with van der Waals surface area (Å²) >= 11 is 1.64. The Bertz CT molecular complexity index is 782. The summed E-state index contributed by atoms with van der Waals surface area (Å²) in [5.41, 5.74) is 0.982. The van der Waals surface area contributed by atoms with Gasteiger partial charge in [-0.25, -0.2) is 4.39 Å². The summed E-state index contributed by atoms with van der Waals surface area (Å²) in [6, 6.07) is 14.3. The van der Waals surface area contributed by atoms with Gasteiger partial charge in [-0.05, 0) is 47.7 Å². The summed E-state index contributed by atoms with van der Waals surface area (Å²) in [6.07, 6.45) is 2.35. The Morgan fingerprint density at radius 3 is 2.60 bits per heavy atom. The molecule has 0 N–H and O–H groups in total. The molecule has 25 heavy (non-hydrogen) atoms. The van der Waals surface area contributed by atoms with Gasteiger partial charge in [0, 0.05) is 24.3 Å². The maximum Gasteiger partial charge on any atom is 0.219 e. The first-order valence-corrected chi connectivity index (χ1v) is 9.08. The average Bonchev–Trinajstić information content (AvgIpc) is 3.29. The number of halogens is 1. The van der Waals surface area contributed by atoms with E-state index in [1.807, 2.05) is 34.5 Å². The van der Waals surface area contributed by atoms with Crippen molar-refractivity contribution in [2.24, 2.45) is 0 Å². The molecule has 0 fully saturated rings. The molecule has 1 aromatic carbocycles. The van der Waals surface area contributed by atoms with Crippen molar-refractivity contribution in [3.63, 3.8) is 0 Å². The fourth-order valence-corrected chi connectivity index (χ4v) is 3.60. The Morgan fingerprint density at radius 1 is 1.20 bits per heavy atom. The minimum atomic E-state index is -0.259. The molecule has 0 saturated heterocycles. The van der Waals surface area contributed by atoms with E-state index in [2.05, 4.69) is 0 Å². The third-order valence-corrected chi connectivity index (χ3v) is 5.08. The van der Waals surface area contributed by atoms with Gasteiger partial charge in [-0.3, -0.25) is 4.79 Å². The van der Waals surface area contributed by atoms with Crippen molar-refractivity contribution in [2.75, 3.05) is 6.54 Å². The fourth-order valence-electron chi connectivity index (χ4n) is 2.88. The molecule has 1 atom stereocenters. The Hall–Kier alpha value is -2.40. The van der Waals surface area contributed by atoms with Gasteiger partial charge in [0.1, 0.15) is 11.6 Å². The molecule has 130 valence electrons. The van der Waals surface area contributed by atoms with E-state index in [1.165, 1.54) is 12.1 Å². The molecule has 2 aromatic heterocycles. The van der Waals surface area contributed by atoms with Crippen LogP contribution in [0.1, 0.15) is 35.5 Å². The molecule has 0 spiro atoms. The van der Waals surface area contributed by atoms with Gasteiger partial charge in [-0.15, -0.1) is 11.3 Å². The molecule has 0 radical (unpaired) electrons. The zero-order valence-electron chi connectivity index (χ0n) is 14.0. The minimum Gasteiger partial charge on any atom is -0.469 e. The van der Waals surface area contributed by atoms with Crippen LogP contribution in [-0.2, 0) is 11.3 Å². The highest BCUT2D eigenvalue weighted by molar-refractivity contribution is 7.09. The van der Waals surface area contributed by atoms with Crippen LogP contribution in [0.25, 0.3) is 0 Å². The molecule has 1 amide bonds. The van der Waals surface area contributed by atoms with Crippen LogP contribution in [0.4, 0.5) is 4.39 Å². The highest BCUT2D eigenvalue weighted by Crippen LogP contribution is 2.29. The van der Waals surface area contributed by atoms with Crippen LogP contribution in [-0.4, -0.2) is 17.4 Å². The molecule has 0 aliphatic rings. The van der Waals surface area contributed by atoms with E-state index < -0.39 is 0 Å². The van der Waals surface area contributed by atoms with Crippen LogP contribution in [0.2, 0.25) is 0 Å². The van der Waals surface area contributed by atoms with Crippen molar-refractivity contribution >= 4 is 17.2 Å². The van der Waals surface area contributed by atoms with Gasteiger partial charge >= 0.3 is 0 Å². The Balaban J connectivity index is 1.75. The van der Waals surface area contributed by atoms with Crippen LogP contribution in [0, 0.1) is 5.82 Å². The Kier molecular flexibility index (Phi) is 5.66. The standard InChI is InChI=1S/C20H20FNO2S/c1-15(23)22(14-18-4-3-13-25-18)11-10-19(20-5-2-12-24-20)16-6-8-17(21)9-7-16/h2-9,12-13,19H,10-11,14H2,1H3. The average molecular weight is 357 g/mol. The van der Waals surface area contributed by atoms with Gasteiger partial charge in [-0.2, -0.15) is 0 Å². The lowest BCUT2D eigenvalue weighted by Gasteiger charge is -2.23. The lowest BCUT2D eigenvalue weighted by molar-refractivity contribution is -0.129. The summed E-state index contributed by atoms with van der Waals surface area (Å²) in [5, 5.41) is 2.01. The van der Waals surface area contributed by atoms with Crippen molar-refractivity contribution in [1.29, 1.82) is 0 Å². The normalized spacial score (nSPS) is 12.1. The van der Waals surface area contributed by atoms with E-state index in [0.29, 0.717) is 19.5 Å². The molecular formula is C20H20FNO2S. The van der Waals surface area contributed by atoms with E-state index >= 15 is 0 Å². The number of rotatable bonds is 7. The highest BCUT2D eigenvalue weighted by atomic mass is 32.1. The van der Waals surface area contributed by atoms with Gasteiger partial charge in [0.2, 0.25) is 5.91 Å². The van der Waals surface area contributed by atoms with Crippen molar-refractivity contribution in [3.8, 4) is 0 Å². The number of benzene rings is 1. The summed E-state index contributed by atoms with van der Waals surface area (Å²) in [7, 11) is 0. The van der Waals surface area contributed by atoms with Crippen molar-refractivity contribution in [2.45, 2.75) is 25.8 Å². The largest absolute Gasteiger partial charge is 0.469 e. The van der Waals surface area contributed by atoms with Crippen molar-refractivity contribution in [1.82, 2.24) is 4.90 Å². The number of carbonyl (C=O) groups excluding carboxylic acids is 1. The molecule has 0 aliphatic heterocycles. The molecule has 3 rings (SSSR count). The molecule has 3 aromatic rings. The zero-order valence-corrected chi connectivity index (χ0v) is 14.8. The SMILES string of the molecule is CC(=O)N(CCC(c1ccc(F)cc1)c1ccco1)Cc1cccs1. The van der Waals surface area contributed by atoms with E-state index in [-0.39, 0.29) is 17.6 Å². The number of carbonyl (C=O) groups is 1. The first-order chi connectivity index (χ1) is 12.1. The van der Waals surface area contributed by atoms with E-state index in [0.717, 1.165) is 16.2 Å². The van der Waals surface area contributed by atoms with E-state index in [1.54, 1.807) is 36.7 Å². The maximum atomic E-state index is 13.2. The van der Waals surface area contributed by atoms with Gasteiger partial charge in [0.05, 0.1) is 12.8 Å². The monoisotopic (exact) mass is 357 g/mol. The van der Waals surface area contributed by atoms with E-state index in [4.69, 9.17) is 4.42 Å². The zero-order chi connectivity index (χ0) is 17.6.